The molecule has 17 heavy (non-hydrogen) atoms. The summed E-state index contributed by atoms with van der Waals surface area (Å²) in [7, 11) is 0. The lowest BCUT2D eigenvalue weighted by molar-refractivity contribution is 0.394. The monoisotopic (exact) mass is 239 g/mol. The second-order valence-corrected chi connectivity index (χ2v) is 4.62. The zero-order valence-electron chi connectivity index (χ0n) is 10.5. The minimum absolute atomic E-state index is 0.0905. The van der Waals surface area contributed by atoms with E-state index in [2.05, 4.69) is 19.3 Å². The first kappa shape index (κ1) is 13.9. The molecule has 0 saturated heterocycles. The van der Waals surface area contributed by atoms with Gasteiger partial charge in [0.05, 0.1) is 0 Å². The third-order valence-corrected chi connectivity index (χ3v) is 3.04. The summed E-state index contributed by atoms with van der Waals surface area (Å²) in [6, 6.07) is 4.31. The topological polar surface area (TPSA) is 64.1 Å². The van der Waals surface area contributed by atoms with Gasteiger partial charge in [0.15, 0.2) is 0 Å². The van der Waals surface area contributed by atoms with Gasteiger partial charge in [-0.3, -0.25) is 11.3 Å². The molecule has 4 heteroatoms. The van der Waals surface area contributed by atoms with Crippen LogP contribution in [0.25, 0.3) is 0 Å². The Bertz CT molecular complexity index is 355. The van der Waals surface area contributed by atoms with E-state index in [1.54, 1.807) is 6.07 Å². The fourth-order valence-electron chi connectivity index (χ4n) is 2.15. The molecule has 0 fully saturated rings. The van der Waals surface area contributed by atoms with Crippen molar-refractivity contribution in [3.8, 4) is 0 Å². The van der Waals surface area contributed by atoms with Gasteiger partial charge in [-0.25, -0.2) is 4.39 Å². The molecule has 0 aliphatic carbocycles. The summed E-state index contributed by atoms with van der Waals surface area (Å²) in [5, 5.41) is 0. The lowest BCUT2D eigenvalue weighted by Gasteiger charge is -2.21. The normalized spacial score (nSPS) is 14.6. The molecule has 96 valence electrons. The predicted octanol–water partition coefficient (Wildman–Crippen LogP) is 2.74. The van der Waals surface area contributed by atoms with E-state index in [1.165, 1.54) is 12.1 Å². The van der Waals surface area contributed by atoms with Crippen molar-refractivity contribution in [3.05, 3.63) is 29.6 Å². The van der Waals surface area contributed by atoms with Crippen LogP contribution < -0.4 is 17.0 Å². The van der Waals surface area contributed by atoms with Crippen LogP contribution in [0, 0.1) is 11.7 Å². The molecule has 0 amide bonds. The first-order valence-electron chi connectivity index (χ1n) is 6.09. The summed E-state index contributed by atoms with van der Waals surface area (Å²) in [5.41, 5.74) is 9.91. The second-order valence-electron chi connectivity index (χ2n) is 4.62. The van der Waals surface area contributed by atoms with Crippen molar-refractivity contribution in [2.24, 2.45) is 11.8 Å². The quantitative estimate of drug-likeness (QED) is 0.406. The van der Waals surface area contributed by atoms with Crippen molar-refractivity contribution in [2.45, 2.75) is 39.2 Å². The van der Waals surface area contributed by atoms with Crippen LogP contribution in [0.15, 0.2) is 18.2 Å². The number of halogens is 1. The number of nitrogens with one attached hydrogen (secondary N) is 1. The van der Waals surface area contributed by atoms with Gasteiger partial charge in [-0.2, -0.15) is 0 Å². The van der Waals surface area contributed by atoms with Crippen LogP contribution in [0.1, 0.15) is 44.7 Å². The highest BCUT2D eigenvalue weighted by atomic mass is 19.1. The van der Waals surface area contributed by atoms with E-state index in [9.17, 15) is 4.39 Å². The molecule has 0 bridgehead atoms. The van der Waals surface area contributed by atoms with Crippen LogP contribution in [0.4, 0.5) is 10.1 Å². The summed E-state index contributed by atoms with van der Waals surface area (Å²) in [5.74, 6) is 5.79. The maximum Gasteiger partial charge on any atom is 0.123 e. The Hall–Kier alpha value is -1.13. The molecule has 0 spiro atoms. The first-order valence-corrected chi connectivity index (χ1v) is 6.09. The molecule has 0 radical (unpaired) electrons. The number of nitrogen functional groups attached to an aromatic ring is 1. The van der Waals surface area contributed by atoms with Crippen LogP contribution in [0.3, 0.4) is 0 Å². The molecule has 1 aromatic rings. The van der Waals surface area contributed by atoms with Crippen LogP contribution in [0.5, 0.6) is 0 Å². The van der Waals surface area contributed by atoms with Crippen molar-refractivity contribution < 1.29 is 4.39 Å². The Labute approximate surface area is 102 Å². The van der Waals surface area contributed by atoms with E-state index in [4.69, 9.17) is 11.6 Å². The second kappa shape index (κ2) is 6.57. The number of hydrogen-bond acceptors (Lipinski definition) is 3. The van der Waals surface area contributed by atoms with Crippen LogP contribution in [-0.4, -0.2) is 0 Å². The van der Waals surface area contributed by atoms with E-state index in [0.29, 0.717) is 11.6 Å². The molecule has 0 aliphatic heterocycles. The number of anilines is 1. The highest BCUT2D eigenvalue weighted by Gasteiger charge is 2.16. The van der Waals surface area contributed by atoms with Gasteiger partial charge in [0.2, 0.25) is 0 Å². The minimum Gasteiger partial charge on any atom is -0.398 e. The lowest BCUT2D eigenvalue weighted by Crippen LogP contribution is -2.30. The molecular weight excluding hydrogens is 217 g/mol. The maximum atomic E-state index is 13.2. The Morgan fingerprint density at radius 2 is 2.12 bits per heavy atom. The van der Waals surface area contributed by atoms with E-state index in [1.807, 2.05) is 0 Å². The molecule has 0 saturated carbocycles. The smallest absolute Gasteiger partial charge is 0.123 e. The van der Waals surface area contributed by atoms with Gasteiger partial charge >= 0.3 is 0 Å². The zero-order valence-corrected chi connectivity index (χ0v) is 10.5. The number of benzene rings is 1. The number of hydrazine groups is 1. The Kier molecular flexibility index (Phi) is 5.38. The number of hydrogen-bond donors (Lipinski definition) is 3. The van der Waals surface area contributed by atoms with Gasteiger partial charge in [-0.15, -0.1) is 0 Å². The highest BCUT2D eigenvalue weighted by Crippen LogP contribution is 2.27. The number of rotatable bonds is 6. The van der Waals surface area contributed by atoms with Gasteiger partial charge in [0, 0.05) is 11.7 Å². The van der Waals surface area contributed by atoms with Crippen molar-refractivity contribution >= 4 is 5.69 Å². The maximum absolute atomic E-state index is 13.2. The summed E-state index contributed by atoms with van der Waals surface area (Å²) >= 11 is 0. The molecule has 0 heterocycles. The third kappa shape index (κ3) is 3.98. The molecule has 3 nitrogen and oxygen atoms in total. The van der Waals surface area contributed by atoms with Gasteiger partial charge in [-0.1, -0.05) is 26.7 Å². The van der Waals surface area contributed by atoms with Gasteiger partial charge in [-0.05, 0) is 36.1 Å². The van der Waals surface area contributed by atoms with Gasteiger partial charge < -0.3 is 5.73 Å². The van der Waals surface area contributed by atoms with Crippen molar-refractivity contribution in [1.82, 2.24) is 5.43 Å². The molecule has 1 rings (SSSR count). The molecule has 0 aliphatic rings. The number of nitrogens with two attached hydrogens (primary N) is 2. The lowest BCUT2D eigenvalue weighted by atomic mass is 9.92. The Morgan fingerprint density at radius 1 is 1.41 bits per heavy atom. The summed E-state index contributed by atoms with van der Waals surface area (Å²) < 4.78 is 13.2. The molecular formula is C13H22FN3. The minimum atomic E-state index is -0.280. The van der Waals surface area contributed by atoms with E-state index in [-0.39, 0.29) is 11.9 Å². The van der Waals surface area contributed by atoms with E-state index >= 15 is 0 Å². The third-order valence-electron chi connectivity index (χ3n) is 3.04. The predicted molar refractivity (Wildman–Crippen MR) is 69.6 cm³/mol. The van der Waals surface area contributed by atoms with E-state index < -0.39 is 0 Å². The molecule has 5 N–H and O–H groups in total. The Morgan fingerprint density at radius 3 is 2.71 bits per heavy atom. The average molecular weight is 239 g/mol. The standard InChI is InChI=1S/C13H22FN3/c1-3-4-9(2)7-13(17-16)11-8-10(14)5-6-12(11)15/h5-6,8-9,13,17H,3-4,7,15-16H2,1-2H3. The van der Waals surface area contributed by atoms with E-state index in [0.717, 1.165) is 24.8 Å². The first-order chi connectivity index (χ1) is 8.08. The largest absolute Gasteiger partial charge is 0.398 e. The van der Waals surface area contributed by atoms with Crippen molar-refractivity contribution in [2.75, 3.05) is 5.73 Å². The molecule has 1 aromatic carbocycles. The molecule has 2 unspecified atom stereocenters. The van der Waals surface area contributed by atoms with Crippen molar-refractivity contribution in [3.63, 3.8) is 0 Å². The summed E-state index contributed by atoms with van der Waals surface area (Å²) in [4.78, 5) is 0. The average Bonchev–Trinajstić information content (AvgIpc) is 2.30. The highest BCUT2D eigenvalue weighted by molar-refractivity contribution is 5.48. The molecule has 0 aromatic heterocycles. The SMILES string of the molecule is CCCC(C)CC(NN)c1cc(F)ccc1N. The van der Waals surface area contributed by atoms with Crippen molar-refractivity contribution in [1.29, 1.82) is 0 Å². The summed E-state index contributed by atoms with van der Waals surface area (Å²) in [6.45, 7) is 4.32. The van der Waals surface area contributed by atoms with Crippen LogP contribution in [-0.2, 0) is 0 Å². The van der Waals surface area contributed by atoms with Crippen LogP contribution in [0.2, 0.25) is 0 Å². The summed E-state index contributed by atoms with van der Waals surface area (Å²) in [6.07, 6.45) is 3.13. The van der Waals surface area contributed by atoms with Gasteiger partial charge in [0.25, 0.3) is 0 Å². The zero-order chi connectivity index (χ0) is 12.8. The fourth-order valence-corrected chi connectivity index (χ4v) is 2.15. The fraction of sp³-hybridized carbons (Fsp3) is 0.538. The Balaban J connectivity index is 2.82. The van der Waals surface area contributed by atoms with Crippen LogP contribution >= 0.6 is 0 Å². The van der Waals surface area contributed by atoms with Gasteiger partial charge in [0.1, 0.15) is 5.82 Å². The molecule has 2 atom stereocenters.